The van der Waals surface area contributed by atoms with Gasteiger partial charge < -0.3 is 14.6 Å². The number of anilines is 1. The number of furan rings is 1. The summed E-state index contributed by atoms with van der Waals surface area (Å²) >= 11 is 1.59. The van der Waals surface area contributed by atoms with Gasteiger partial charge in [-0.3, -0.25) is 0 Å². The summed E-state index contributed by atoms with van der Waals surface area (Å²) in [6.07, 6.45) is 3.20. The predicted octanol–water partition coefficient (Wildman–Crippen LogP) is 4.71. The first kappa shape index (κ1) is 15.3. The van der Waals surface area contributed by atoms with Crippen molar-refractivity contribution in [2.75, 3.05) is 5.32 Å². The number of amides is 2. The van der Waals surface area contributed by atoms with Gasteiger partial charge in [0, 0.05) is 16.1 Å². The van der Waals surface area contributed by atoms with Gasteiger partial charge in [0.1, 0.15) is 5.82 Å². The summed E-state index contributed by atoms with van der Waals surface area (Å²) in [6.45, 7) is 0.928. The molecule has 1 aromatic carbocycles. The molecule has 0 saturated carbocycles. The van der Waals surface area contributed by atoms with Gasteiger partial charge in [-0.25, -0.2) is 9.18 Å². The Bertz CT molecular complexity index is 703. The van der Waals surface area contributed by atoms with Crippen molar-refractivity contribution in [3.8, 4) is 0 Å². The Hall–Kier alpha value is -2.60. The van der Waals surface area contributed by atoms with E-state index in [0.717, 1.165) is 10.4 Å². The van der Waals surface area contributed by atoms with E-state index >= 15 is 0 Å². The molecule has 0 aliphatic rings. The molecule has 23 heavy (non-hydrogen) atoms. The van der Waals surface area contributed by atoms with Gasteiger partial charge in [-0.2, -0.15) is 0 Å². The lowest BCUT2D eigenvalue weighted by atomic mass is 10.3. The number of urea groups is 1. The van der Waals surface area contributed by atoms with Crippen LogP contribution in [-0.2, 0) is 13.1 Å². The van der Waals surface area contributed by atoms with Gasteiger partial charge in [0.05, 0.1) is 25.6 Å². The molecular formula is C17H15FN2O2S. The second-order valence-electron chi connectivity index (χ2n) is 5.00. The van der Waals surface area contributed by atoms with Crippen molar-refractivity contribution in [1.82, 2.24) is 4.90 Å². The molecule has 4 nitrogen and oxygen atoms in total. The van der Waals surface area contributed by atoms with E-state index in [0.29, 0.717) is 18.8 Å². The average Bonchev–Trinajstić information content (AvgIpc) is 3.22. The molecular weight excluding hydrogens is 315 g/mol. The topological polar surface area (TPSA) is 45.5 Å². The third kappa shape index (κ3) is 4.20. The zero-order valence-electron chi connectivity index (χ0n) is 12.2. The largest absolute Gasteiger partial charge is 0.472 e. The lowest BCUT2D eigenvalue weighted by Gasteiger charge is -2.22. The van der Waals surface area contributed by atoms with Crippen LogP contribution in [0.2, 0.25) is 0 Å². The number of carbonyl (C=O) groups excluding carboxylic acids is 1. The van der Waals surface area contributed by atoms with Crippen LogP contribution >= 0.6 is 11.3 Å². The van der Waals surface area contributed by atoms with Crippen molar-refractivity contribution in [1.29, 1.82) is 0 Å². The van der Waals surface area contributed by atoms with Crippen LogP contribution < -0.4 is 5.32 Å². The Kier molecular flexibility index (Phi) is 4.73. The van der Waals surface area contributed by atoms with E-state index in [1.807, 2.05) is 23.6 Å². The van der Waals surface area contributed by atoms with Crippen molar-refractivity contribution < 1.29 is 13.6 Å². The molecule has 2 amide bonds. The Labute approximate surface area is 137 Å². The summed E-state index contributed by atoms with van der Waals surface area (Å²) in [5, 5.41) is 4.76. The van der Waals surface area contributed by atoms with Crippen LogP contribution in [0.15, 0.2) is 64.8 Å². The van der Waals surface area contributed by atoms with Gasteiger partial charge in [-0.1, -0.05) is 6.07 Å². The number of halogens is 1. The van der Waals surface area contributed by atoms with E-state index in [-0.39, 0.29) is 11.8 Å². The SMILES string of the molecule is O=C(Nc1ccc(F)cc1)N(Cc1ccoc1)Cc1cccs1. The zero-order valence-corrected chi connectivity index (χ0v) is 13.1. The number of nitrogens with zero attached hydrogens (tertiary/aromatic N) is 1. The molecule has 0 aliphatic carbocycles. The summed E-state index contributed by atoms with van der Waals surface area (Å²) in [6, 6.07) is 11.2. The van der Waals surface area contributed by atoms with Crippen molar-refractivity contribution in [3.05, 3.63) is 76.6 Å². The first-order valence-corrected chi connectivity index (χ1v) is 7.93. The summed E-state index contributed by atoms with van der Waals surface area (Å²) in [5.74, 6) is -0.336. The first-order chi connectivity index (χ1) is 11.2. The second kappa shape index (κ2) is 7.11. The minimum Gasteiger partial charge on any atom is -0.472 e. The van der Waals surface area contributed by atoms with Gasteiger partial charge in [0.2, 0.25) is 0 Å². The summed E-state index contributed by atoms with van der Waals surface area (Å²) in [7, 11) is 0. The van der Waals surface area contributed by atoms with Crippen LogP contribution in [-0.4, -0.2) is 10.9 Å². The third-order valence-electron chi connectivity index (χ3n) is 3.26. The smallest absolute Gasteiger partial charge is 0.322 e. The lowest BCUT2D eigenvalue weighted by Crippen LogP contribution is -2.33. The van der Waals surface area contributed by atoms with Crippen molar-refractivity contribution in [3.63, 3.8) is 0 Å². The molecule has 118 valence electrons. The van der Waals surface area contributed by atoms with Crippen molar-refractivity contribution in [2.24, 2.45) is 0 Å². The molecule has 0 fully saturated rings. The summed E-state index contributed by atoms with van der Waals surface area (Å²) in [4.78, 5) is 15.3. The number of carbonyl (C=O) groups is 1. The van der Waals surface area contributed by atoms with Crippen molar-refractivity contribution >= 4 is 23.1 Å². The standard InChI is InChI=1S/C17H15FN2O2S/c18-14-3-5-15(6-4-14)19-17(21)20(10-13-7-8-22-12-13)11-16-2-1-9-23-16/h1-9,12H,10-11H2,(H,19,21). The molecule has 1 N–H and O–H groups in total. The molecule has 0 saturated heterocycles. The number of rotatable bonds is 5. The van der Waals surface area contributed by atoms with Gasteiger partial charge in [-0.15, -0.1) is 11.3 Å². The average molecular weight is 330 g/mol. The maximum atomic E-state index is 13.0. The van der Waals surface area contributed by atoms with E-state index in [1.54, 1.807) is 28.8 Å². The molecule has 6 heteroatoms. The molecule has 0 bridgehead atoms. The van der Waals surface area contributed by atoms with Gasteiger partial charge in [0.25, 0.3) is 0 Å². The molecule has 2 aromatic heterocycles. The Morgan fingerprint density at radius 1 is 1.17 bits per heavy atom. The van der Waals surface area contributed by atoms with Crippen LogP contribution in [0.4, 0.5) is 14.9 Å². The fraction of sp³-hybridized carbons (Fsp3) is 0.118. The van der Waals surface area contributed by atoms with Crippen LogP contribution in [0.3, 0.4) is 0 Å². The summed E-state index contributed by atoms with van der Waals surface area (Å²) in [5.41, 5.74) is 1.47. The number of benzene rings is 1. The fourth-order valence-corrected chi connectivity index (χ4v) is 2.85. The van der Waals surface area contributed by atoms with Crippen molar-refractivity contribution in [2.45, 2.75) is 13.1 Å². The number of hydrogen-bond donors (Lipinski definition) is 1. The molecule has 0 atom stereocenters. The van der Waals surface area contributed by atoms with E-state index in [9.17, 15) is 9.18 Å². The molecule has 3 aromatic rings. The minimum atomic E-state index is -0.336. The van der Waals surface area contributed by atoms with Crippen LogP contribution in [0.5, 0.6) is 0 Å². The highest BCUT2D eigenvalue weighted by Crippen LogP contribution is 2.17. The molecule has 0 aliphatic heterocycles. The maximum absolute atomic E-state index is 13.0. The highest BCUT2D eigenvalue weighted by Gasteiger charge is 2.16. The Morgan fingerprint density at radius 2 is 2.00 bits per heavy atom. The maximum Gasteiger partial charge on any atom is 0.322 e. The second-order valence-corrected chi connectivity index (χ2v) is 6.04. The zero-order chi connectivity index (χ0) is 16.1. The number of hydrogen-bond acceptors (Lipinski definition) is 3. The van der Waals surface area contributed by atoms with E-state index < -0.39 is 0 Å². The highest BCUT2D eigenvalue weighted by molar-refractivity contribution is 7.09. The molecule has 0 radical (unpaired) electrons. The van der Waals surface area contributed by atoms with E-state index in [1.165, 1.54) is 24.3 Å². The van der Waals surface area contributed by atoms with Crippen LogP contribution in [0, 0.1) is 5.82 Å². The Morgan fingerprint density at radius 3 is 2.65 bits per heavy atom. The predicted molar refractivity (Wildman–Crippen MR) is 87.7 cm³/mol. The monoisotopic (exact) mass is 330 g/mol. The fourth-order valence-electron chi connectivity index (χ4n) is 2.13. The number of thiophene rings is 1. The quantitative estimate of drug-likeness (QED) is 0.736. The molecule has 2 heterocycles. The first-order valence-electron chi connectivity index (χ1n) is 7.05. The Balaban J connectivity index is 1.73. The number of nitrogens with one attached hydrogen (secondary N) is 1. The normalized spacial score (nSPS) is 10.5. The van der Waals surface area contributed by atoms with Crippen LogP contribution in [0.1, 0.15) is 10.4 Å². The third-order valence-corrected chi connectivity index (χ3v) is 4.12. The van der Waals surface area contributed by atoms with Crippen LogP contribution in [0.25, 0.3) is 0 Å². The molecule has 3 rings (SSSR count). The lowest BCUT2D eigenvalue weighted by molar-refractivity contribution is 0.207. The minimum absolute atomic E-state index is 0.244. The van der Waals surface area contributed by atoms with E-state index in [4.69, 9.17) is 4.42 Å². The van der Waals surface area contributed by atoms with Gasteiger partial charge in [0.15, 0.2) is 0 Å². The van der Waals surface area contributed by atoms with Gasteiger partial charge >= 0.3 is 6.03 Å². The van der Waals surface area contributed by atoms with E-state index in [2.05, 4.69) is 5.32 Å². The molecule has 0 unspecified atom stereocenters. The summed E-state index contributed by atoms with van der Waals surface area (Å²) < 4.78 is 18.0. The van der Waals surface area contributed by atoms with Gasteiger partial charge in [-0.05, 0) is 41.8 Å². The highest BCUT2D eigenvalue weighted by atomic mass is 32.1. The molecule has 0 spiro atoms.